The van der Waals surface area contributed by atoms with Crippen LogP contribution in [-0.4, -0.2) is 61.3 Å². The summed E-state index contributed by atoms with van der Waals surface area (Å²) >= 11 is 0. The molecule has 1 unspecified atom stereocenters. The van der Waals surface area contributed by atoms with E-state index in [-0.39, 0.29) is 11.8 Å². The fraction of sp³-hybridized carbons (Fsp3) is 0.692. The van der Waals surface area contributed by atoms with Gasteiger partial charge in [-0.15, -0.1) is 0 Å². The number of nitrogens with zero attached hydrogens (tertiary/aromatic N) is 2. The van der Waals surface area contributed by atoms with Gasteiger partial charge < -0.3 is 19.2 Å². The smallest absolute Gasteiger partial charge is 0.360 e. The van der Waals surface area contributed by atoms with E-state index >= 15 is 0 Å². The molecule has 2 heterocycles. The van der Waals surface area contributed by atoms with E-state index < -0.39 is 5.97 Å². The van der Waals surface area contributed by atoms with Crippen molar-refractivity contribution in [1.29, 1.82) is 0 Å². The number of anilines is 1. The maximum absolute atomic E-state index is 11.4. The highest BCUT2D eigenvalue weighted by molar-refractivity contribution is 5.87. The number of aromatic nitrogens is 1. The Balaban J connectivity index is 1.80. The Kier molecular flexibility index (Phi) is 5.37. The van der Waals surface area contributed by atoms with Gasteiger partial charge in [0.15, 0.2) is 5.69 Å². The summed E-state index contributed by atoms with van der Waals surface area (Å²) in [7, 11) is 0. The first kappa shape index (κ1) is 14.8. The van der Waals surface area contributed by atoms with E-state index in [4.69, 9.17) is 13.9 Å². The largest absolute Gasteiger partial charge is 0.461 e. The molecule has 1 aromatic heterocycles. The van der Waals surface area contributed by atoms with E-state index in [2.05, 4.69) is 22.1 Å². The van der Waals surface area contributed by atoms with Crippen LogP contribution in [0.3, 0.4) is 0 Å². The van der Waals surface area contributed by atoms with Crippen LogP contribution >= 0.6 is 0 Å². The maximum Gasteiger partial charge on any atom is 0.360 e. The lowest BCUT2D eigenvalue weighted by molar-refractivity contribution is -0.0193. The van der Waals surface area contributed by atoms with Gasteiger partial charge in [0.05, 0.1) is 19.3 Å². The Labute approximate surface area is 118 Å². The van der Waals surface area contributed by atoms with Gasteiger partial charge >= 0.3 is 5.97 Å². The first-order valence-corrected chi connectivity index (χ1v) is 6.93. The average Bonchev–Trinajstić information content (AvgIpc) is 2.94. The molecule has 0 spiro atoms. The molecule has 20 heavy (non-hydrogen) atoms. The predicted octanol–water partition coefficient (Wildman–Crippen LogP) is 0.984. The van der Waals surface area contributed by atoms with Gasteiger partial charge in [-0.05, 0) is 13.5 Å². The maximum atomic E-state index is 11.4. The van der Waals surface area contributed by atoms with Gasteiger partial charge in [0.25, 0.3) is 6.01 Å². The molecule has 7 nitrogen and oxygen atoms in total. The number of morpholine rings is 1. The molecule has 7 heteroatoms. The minimum Gasteiger partial charge on any atom is -0.461 e. The number of esters is 1. The first-order chi connectivity index (χ1) is 9.72. The van der Waals surface area contributed by atoms with E-state index in [1.54, 1.807) is 6.92 Å². The molecule has 1 aromatic rings. The number of hydrogen-bond donors (Lipinski definition) is 1. The Morgan fingerprint density at radius 1 is 1.60 bits per heavy atom. The van der Waals surface area contributed by atoms with Gasteiger partial charge in [-0.1, -0.05) is 6.92 Å². The van der Waals surface area contributed by atoms with E-state index in [1.807, 2.05) is 0 Å². The van der Waals surface area contributed by atoms with Crippen molar-refractivity contribution >= 4 is 12.0 Å². The lowest BCUT2D eigenvalue weighted by Gasteiger charge is -2.31. The Morgan fingerprint density at radius 2 is 2.45 bits per heavy atom. The molecule has 0 radical (unpaired) electrons. The highest BCUT2D eigenvalue weighted by Gasteiger charge is 2.20. The van der Waals surface area contributed by atoms with Gasteiger partial charge in [-0.3, -0.25) is 4.90 Å². The number of carbonyl (C=O) groups is 1. The molecule has 112 valence electrons. The minimum absolute atomic E-state index is 0.0987. The topological polar surface area (TPSA) is 76.8 Å². The SMILES string of the molecule is CCOC(=O)c1coc(NCC2CN(CC)CCO2)n1. The summed E-state index contributed by atoms with van der Waals surface area (Å²) in [6, 6.07) is 0.310. The van der Waals surface area contributed by atoms with Crippen LogP contribution in [0, 0.1) is 0 Å². The molecule has 1 N–H and O–H groups in total. The van der Waals surface area contributed by atoms with Crippen LogP contribution < -0.4 is 5.32 Å². The number of ether oxygens (including phenoxy) is 2. The summed E-state index contributed by atoms with van der Waals surface area (Å²) in [6.45, 7) is 8.41. The summed E-state index contributed by atoms with van der Waals surface area (Å²) in [6.07, 6.45) is 1.39. The van der Waals surface area contributed by atoms with Crippen LogP contribution in [0.4, 0.5) is 6.01 Å². The monoisotopic (exact) mass is 283 g/mol. The minimum atomic E-state index is -0.477. The van der Waals surface area contributed by atoms with Crippen LogP contribution in [0.1, 0.15) is 24.3 Å². The molecule has 0 aliphatic carbocycles. The van der Waals surface area contributed by atoms with Crippen molar-refractivity contribution in [3.05, 3.63) is 12.0 Å². The summed E-state index contributed by atoms with van der Waals surface area (Å²) in [5, 5.41) is 3.04. The normalized spacial score (nSPS) is 19.8. The molecule has 1 saturated heterocycles. The second kappa shape index (κ2) is 7.25. The van der Waals surface area contributed by atoms with Gasteiger partial charge in [0.1, 0.15) is 6.26 Å². The van der Waals surface area contributed by atoms with Crippen LogP contribution in [0.2, 0.25) is 0 Å². The zero-order chi connectivity index (χ0) is 14.4. The van der Waals surface area contributed by atoms with Crippen LogP contribution in [0.25, 0.3) is 0 Å². The van der Waals surface area contributed by atoms with E-state index in [9.17, 15) is 4.79 Å². The molecule has 2 rings (SSSR count). The van der Waals surface area contributed by atoms with E-state index in [1.165, 1.54) is 6.26 Å². The lowest BCUT2D eigenvalue weighted by Crippen LogP contribution is -2.45. The van der Waals surface area contributed by atoms with Gasteiger partial charge in [-0.25, -0.2) is 4.79 Å². The second-order valence-electron chi connectivity index (χ2n) is 4.53. The van der Waals surface area contributed by atoms with Crippen molar-refractivity contribution in [2.75, 3.05) is 44.7 Å². The third-order valence-electron chi connectivity index (χ3n) is 3.14. The van der Waals surface area contributed by atoms with Gasteiger partial charge in [0, 0.05) is 19.6 Å². The number of likely N-dealkylation sites (N-methyl/N-ethyl adjacent to an activating group) is 1. The molecular weight excluding hydrogens is 262 g/mol. The Morgan fingerprint density at radius 3 is 3.20 bits per heavy atom. The van der Waals surface area contributed by atoms with Crippen LogP contribution in [0.5, 0.6) is 0 Å². The molecular formula is C13H21N3O4. The number of rotatable bonds is 6. The summed E-state index contributed by atoms with van der Waals surface area (Å²) < 4.78 is 15.7. The zero-order valence-electron chi connectivity index (χ0n) is 11.9. The fourth-order valence-corrected chi connectivity index (χ4v) is 2.05. The molecule has 1 fully saturated rings. The quantitative estimate of drug-likeness (QED) is 0.780. The number of carbonyl (C=O) groups excluding carboxylic acids is 1. The van der Waals surface area contributed by atoms with Crippen molar-refractivity contribution in [2.45, 2.75) is 20.0 Å². The van der Waals surface area contributed by atoms with Crippen LogP contribution in [0.15, 0.2) is 10.7 Å². The molecule has 1 aliphatic rings. The van der Waals surface area contributed by atoms with Crippen molar-refractivity contribution in [3.63, 3.8) is 0 Å². The second-order valence-corrected chi connectivity index (χ2v) is 4.53. The Hall–Kier alpha value is -1.60. The number of oxazole rings is 1. The highest BCUT2D eigenvalue weighted by Crippen LogP contribution is 2.10. The highest BCUT2D eigenvalue weighted by atomic mass is 16.5. The molecule has 1 aliphatic heterocycles. The average molecular weight is 283 g/mol. The standard InChI is InChI=1S/C13H21N3O4/c1-3-16-5-6-19-10(8-16)7-14-13-15-11(9-20-13)12(17)18-4-2/h9-10H,3-8H2,1-2H3,(H,14,15). The van der Waals surface area contributed by atoms with Gasteiger partial charge in [-0.2, -0.15) is 4.98 Å². The molecule has 1 atom stereocenters. The molecule has 0 saturated carbocycles. The van der Waals surface area contributed by atoms with Crippen molar-refractivity contribution in [1.82, 2.24) is 9.88 Å². The van der Waals surface area contributed by atoms with Crippen molar-refractivity contribution in [2.24, 2.45) is 0 Å². The third-order valence-corrected chi connectivity index (χ3v) is 3.14. The summed E-state index contributed by atoms with van der Waals surface area (Å²) in [4.78, 5) is 17.8. The summed E-state index contributed by atoms with van der Waals surface area (Å²) in [5.74, 6) is -0.477. The van der Waals surface area contributed by atoms with Crippen molar-refractivity contribution in [3.8, 4) is 0 Å². The zero-order valence-corrected chi connectivity index (χ0v) is 11.9. The molecule has 0 amide bonds. The number of hydrogen-bond acceptors (Lipinski definition) is 7. The third kappa shape index (κ3) is 3.94. The van der Waals surface area contributed by atoms with Crippen LogP contribution in [-0.2, 0) is 9.47 Å². The van der Waals surface area contributed by atoms with E-state index in [0.29, 0.717) is 19.2 Å². The van der Waals surface area contributed by atoms with Gasteiger partial charge in [0.2, 0.25) is 0 Å². The Bertz CT molecular complexity index is 435. The summed E-state index contributed by atoms with van der Waals surface area (Å²) in [5.41, 5.74) is 0.175. The van der Waals surface area contributed by atoms with E-state index in [0.717, 1.165) is 26.2 Å². The number of nitrogens with one attached hydrogen (secondary N) is 1. The van der Waals surface area contributed by atoms with Crippen molar-refractivity contribution < 1.29 is 18.7 Å². The fourth-order valence-electron chi connectivity index (χ4n) is 2.05. The molecule has 0 bridgehead atoms. The first-order valence-electron chi connectivity index (χ1n) is 6.93. The predicted molar refractivity (Wildman–Crippen MR) is 72.8 cm³/mol. The molecule has 0 aromatic carbocycles. The lowest BCUT2D eigenvalue weighted by atomic mass is 10.2.